The van der Waals surface area contributed by atoms with Crippen LogP contribution >= 0.6 is 23.4 Å². The topological polar surface area (TPSA) is 25.8 Å². The van der Waals surface area contributed by atoms with E-state index in [1.165, 1.54) is 17.8 Å². The second-order valence-corrected chi connectivity index (χ2v) is 6.18. The van der Waals surface area contributed by atoms with Gasteiger partial charge in [-0.3, -0.25) is 0 Å². The monoisotopic (exact) mass is 312 g/mol. The summed E-state index contributed by atoms with van der Waals surface area (Å²) in [5.41, 5.74) is 0.755. The van der Waals surface area contributed by atoms with Gasteiger partial charge in [-0.1, -0.05) is 23.4 Å². The highest BCUT2D eigenvalue weighted by molar-refractivity contribution is 7.99. The van der Waals surface area contributed by atoms with Gasteiger partial charge in [0, 0.05) is 16.4 Å². The van der Waals surface area contributed by atoms with Crippen molar-refractivity contribution < 1.29 is 8.78 Å². The van der Waals surface area contributed by atoms with Gasteiger partial charge in [0.25, 0.3) is 0 Å². The van der Waals surface area contributed by atoms with Gasteiger partial charge in [0.2, 0.25) is 0 Å². The molecule has 1 heterocycles. The van der Waals surface area contributed by atoms with E-state index in [1.54, 1.807) is 0 Å². The van der Waals surface area contributed by atoms with Crippen LogP contribution in [0.2, 0.25) is 5.15 Å². The van der Waals surface area contributed by atoms with Crippen LogP contribution in [0.3, 0.4) is 0 Å². The zero-order valence-electron chi connectivity index (χ0n) is 10.7. The molecule has 1 aromatic carbocycles. The Bertz CT molecular complexity index is 674. The zero-order chi connectivity index (χ0) is 14.3. The average Bonchev–Trinajstić information content (AvgIpc) is 3.23. The number of hydrogen-bond acceptors (Lipinski definition) is 3. The quantitative estimate of drug-likeness (QED) is 0.765. The highest BCUT2D eigenvalue weighted by Crippen LogP contribution is 2.40. The van der Waals surface area contributed by atoms with E-state index in [4.69, 9.17) is 11.6 Å². The van der Waals surface area contributed by atoms with Gasteiger partial charge in [0.1, 0.15) is 16.0 Å². The standard InChI is InChI=1S/C14H11ClF2N2S/c1-7-12(15)18-13(8-2-3-8)19-14(7)20-9-4-5-10(16)11(17)6-9/h4-6,8H,2-3H2,1H3. The summed E-state index contributed by atoms with van der Waals surface area (Å²) in [4.78, 5) is 9.36. The smallest absolute Gasteiger partial charge is 0.159 e. The third-order valence-corrected chi connectivity index (χ3v) is 4.56. The molecule has 3 rings (SSSR count). The molecule has 1 aliphatic carbocycles. The number of aromatic nitrogens is 2. The molecule has 2 aromatic rings. The van der Waals surface area contributed by atoms with E-state index in [2.05, 4.69) is 9.97 Å². The lowest BCUT2D eigenvalue weighted by atomic mass is 10.3. The predicted molar refractivity (Wildman–Crippen MR) is 74.2 cm³/mol. The average molecular weight is 313 g/mol. The Kier molecular flexibility index (Phi) is 3.65. The van der Waals surface area contributed by atoms with Gasteiger partial charge in [-0.25, -0.2) is 18.7 Å². The van der Waals surface area contributed by atoms with Crippen LogP contribution in [-0.4, -0.2) is 9.97 Å². The Morgan fingerprint density at radius 2 is 1.95 bits per heavy atom. The lowest BCUT2D eigenvalue weighted by Crippen LogP contribution is -1.98. The first-order valence-corrected chi connectivity index (χ1v) is 7.41. The van der Waals surface area contributed by atoms with Crippen molar-refractivity contribution in [3.63, 3.8) is 0 Å². The predicted octanol–water partition coefficient (Wildman–Crippen LogP) is 4.75. The van der Waals surface area contributed by atoms with Crippen LogP contribution in [0.5, 0.6) is 0 Å². The molecule has 1 saturated carbocycles. The van der Waals surface area contributed by atoms with Crippen molar-refractivity contribution in [2.45, 2.75) is 35.6 Å². The van der Waals surface area contributed by atoms with Gasteiger partial charge in [0.05, 0.1) is 0 Å². The molecular formula is C14H11ClF2N2S. The van der Waals surface area contributed by atoms with E-state index in [9.17, 15) is 8.78 Å². The van der Waals surface area contributed by atoms with E-state index in [-0.39, 0.29) is 0 Å². The molecule has 0 atom stereocenters. The summed E-state index contributed by atoms with van der Waals surface area (Å²) in [6.45, 7) is 1.82. The summed E-state index contributed by atoms with van der Waals surface area (Å²) in [6, 6.07) is 3.79. The molecule has 0 amide bonds. The van der Waals surface area contributed by atoms with Gasteiger partial charge >= 0.3 is 0 Å². The second-order valence-electron chi connectivity index (χ2n) is 4.76. The Hall–Kier alpha value is -1.20. The van der Waals surface area contributed by atoms with Crippen molar-refractivity contribution in [3.8, 4) is 0 Å². The molecule has 0 spiro atoms. The van der Waals surface area contributed by atoms with Crippen LogP contribution in [0.1, 0.15) is 30.1 Å². The Morgan fingerprint density at radius 1 is 1.20 bits per heavy atom. The molecule has 20 heavy (non-hydrogen) atoms. The number of benzene rings is 1. The van der Waals surface area contributed by atoms with Gasteiger partial charge in [-0.05, 0) is 38.0 Å². The van der Waals surface area contributed by atoms with Crippen LogP contribution in [0.15, 0.2) is 28.1 Å². The first kappa shape index (κ1) is 13.8. The SMILES string of the molecule is Cc1c(Cl)nc(C2CC2)nc1Sc1ccc(F)c(F)c1. The summed E-state index contributed by atoms with van der Waals surface area (Å²) >= 11 is 7.38. The fourth-order valence-corrected chi connectivity index (χ4v) is 2.90. The van der Waals surface area contributed by atoms with E-state index in [0.29, 0.717) is 21.0 Å². The zero-order valence-corrected chi connectivity index (χ0v) is 12.2. The summed E-state index contributed by atoms with van der Waals surface area (Å²) in [7, 11) is 0. The lowest BCUT2D eigenvalue weighted by molar-refractivity contribution is 0.506. The van der Waals surface area contributed by atoms with Gasteiger partial charge < -0.3 is 0 Å². The first-order valence-electron chi connectivity index (χ1n) is 6.21. The summed E-state index contributed by atoms with van der Waals surface area (Å²) in [6.07, 6.45) is 2.16. The number of hydrogen-bond donors (Lipinski definition) is 0. The lowest BCUT2D eigenvalue weighted by Gasteiger charge is -2.08. The highest BCUT2D eigenvalue weighted by Gasteiger charge is 2.28. The maximum absolute atomic E-state index is 13.2. The minimum absolute atomic E-state index is 0.386. The van der Waals surface area contributed by atoms with Crippen LogP contribution in [0, 0.1) is 18.6 Å². The van der Waals surface area contributed by atoms with E-state index in [1.807, 2.05) is 6.92 Å². The van der Waals surface area contributed by atoms with Gasteiger partial charge in [-0.2, -0.15) is 0 Å². The van der Waals surface area contributed by atoms with Crippen molar-refractivity contribution in [2.75, 3.05) is 0 Å². The van der Waals surface area contributed by atoms with E-state index >= 15 is 0 Å². The fourth-order valence-electron chi connectivity index (χ4n) is 1.76. The van der Waals surface area contributed by atoms with Crippen molar-refractivity contribution in [2.24, 2.45) is 0 Å². The van der Waals surface area contributed by atoms with Crippen LogP contribution < -0.4 is 0 Å². The molecule has 1 aromatic heterocycles. The van der Waals surface area contributed by atoms with Crippen molar-refractivity contribution in [1.82, 2.24) is 9.97 Å². The molecule has 1 fully saturated rings. The normalized spacial score (nSPS) is 14.6. The molecule has 2 nitrogen and oxygen atoms in total. The molecule has 0 bridgehead atoms. The molecule has 6 heteroatoms. The molecule has 0 saturated heterocycles. The van der Waals surface area contributed by atoms with Crippen LogP contribution in [0.4, 0.5) is 8.78 Å². The minimum atomic E-state index is -0.866. The molecule has 0 unspecified atom stereocenters. The molecule has 104 valence electrons. The van der Waals surface area contributed by atoms with E-state index in [0.717, 1.165) is 36.4 Å². The molecule has 0 aliphatic heterocycles. The fraction of sp³-hybridized carbons (Fsp3) is 0.286. The van der Waals surface area contributed by atoms with Crippen molar-refractivity contribution in [3.05, 3.63) is 46.4 Å². The van der Waals surface area contributed by atoms with E-state index < -0.39 is 11.6 Å². The molecule has 0 N–H and O–H groups in total. The van der Waals surface area contributed by atoms with Crippen molar-refractivity contribution in [1.29, 1.82) is 0 Å². The van der Waals surface area contributed by atoms with Crippen LogP contribution in [-0.2, 0) is 0 Å². The number of halogens is 3. The Morgan fingerprint density at radius 3 is 2.60 bits per heavy atom. The summed E-state index contributed by atoms with van der Waals surface area (Å²) in [5.74, 6) is -0.594. The molecule has 0 radical (unpaired) electrons. The number of rotatable bonds is 3. The second kappa shape index (κ2) is 5.30. The van der Waals surface area contributed by atoms with Gasteiger partial charge in [0.15, 0.2) is 11.6 Å². The minimum Gasteiger partial charge on any atom is -0.226 e. The highest BCUT2D eigenvalue weighted by atomic mass is 35.5. The molecular weight excluding hydrogens is 302 g/mol. The number of nitrogens with zero attached hydrogens (tertiary/aromatic N) is 2. The largest absolute Gasteiger partial charge is 0.226 e. The summed E-state index contributed by atoms with van der Waals surface area (Å²) in [5, 5.41) is 1.12. The van der Waals surface area contributed by atoms with Crippen LogP contribution in [0.25, 0.3) is 0 Å². The van der Waals surface area contributed by atoms with Crippen molar-refractivity contribution >= 4 is 23.4 Å². The first-order chi connectivity index (χ1) is 9.54. The third kappa shape index (κ3) is 2.79. The van der Waals surface area contributed by atoms with Gasteiger partial charge in [-0.15, -0.1) is 0 Å². The Labute approximate surface area is 124 Å². The Balaban J connectivity index is 1.94. The third-order valence-electron chi connectivity index (χ3n) is 3.11. The maximum Gasteiger partial charge on any atom is 0.159 e. The maximum atomic E-state index is 13.2. The summed E-state index contributed by atoms with van der Waals surface area (Å²) < 4.78 is 26.2. The molecule has 1 aliphatic rings.